The molecular formula is C20H18BrN3O3. The first kappa shape index (κ1) is 18.8. The molecule has 27 heavy (non-hydrogen) atoms. The van der Waals surface area contributed by atoms with Crippen LogP contribution in [0.15, 0.2) is 59.6 Å². The number of rotatable bonds is 4. The fraction of sp³-hybridized carbons (Fsp3) is 0.150. The predicted molar refractivity (Wildman–Crippen MR) is 108 cm³/mol. The molecule has 0 bridgehead atoms. The van der Waals surface area contributed by atoms with Gasteiger partial charge in [-0.2, -0.15) is 0 Å². The van der Waals surface area contributed by atoms with Crippen LogP contribution in [0.1, 0.15) is 15.9 Å². The third-order valence-corrected chi connectivity index (χ3v) is 4.89. The second kappa shape index (κ2) is 7.75. The minimum atomic E-state index is -0.643. The number of likely N-dealkylation sites (N-methyl/N-ethyl adjacent to an activating group) is 1. The van der Waals surface area contributed by atoms with Crippen LogP contribution < -0.4 is 15.5 Å². The van der Waals surface area contributed by atoms with Crippen molar-refractivity contribution in [2.45, 2.75) is 12.5 Å². The minimum absolute atomic E-state index is 0.239. The maximum absolute atomic E-state index is 12.5. The van der Waals surface area contributed by atoms with Crippen molar-refractivity contribution in [1.29, 1.82) is 0 Å². The number of anilines is 2. The average molecular weight is 428 g/mol. The summed E-state index contributed by atoms with van der Waals surface area (Å²) in [6.07, 6.45) is 1.65. The lowest BCUT2D eigenvalue weighted by Gasteiger charge is -2.25. The molecule has 0 fully saturated rings. The summed E-state index contributed by atoms with van der Waals surface area (Å²) in [6, 6.07) is 11.6. The molecule has 0 saturated heterocycles. The SMILES string of the molecule is C=CC(=O)N(C)c1ccc(C(=O)NC2Cc3ccc(Br)cc3NC2=O)cc1. The van der Waals surface area contributed by atoms with E-state index in [4.69, 9.17) is 0 Å². The number of carbonyl (C=O) groups is 3. The molecule has 1 atom stereocenters. The van der Waals surface area contributed by atoms with Crippen molar-refractivity contribution in [2.75, 3.05) is 17.3 Å². The van der Waals surface area contributed by atoms with E-state index in [1.165, 1.54) is 11.0 Å². The normalized spacial score (nSPS) is 15.3. The Labute approximate surface area is 165 Å². The number of amides is 3. The molecule has 0 aromatic heterocycles. The van der Waals surface area contributed by atoms with Crippen molar-refractivity contribution in [2.24, 2.45) is 0 Å². The van der Waals surface area contributed by atoms with E-state index in [2.05, 4.69) is 33.1 Å². The van der Waals surface area contributed by atoms with Crippen LogP contribution in [0.25, 0.3) is 0 Å². The van der Waals surface area contributed by atoms with Gasteiger partial charge in [0.1, 0.15) is 6.04 Å². The van der Waals surface area contributed by atoms with Crippen molar-refractivity contribution in [3.05, 3.63) is 70.7 Å². The lowest BCUT2D eigenvalue weighted by molar-refractivity contribution is -0.118. The average Bonchev–Trinajstić information content (AvgIpc) is 2.67. The highest BCUT2D eigenvalue weighted by Crippen LogP contribution is 2.26. The predicted octanol–water partition coefficient (Wildman–Crippen LogP) is 2.89. The first-order valence-corrected chi connectivity index (χ1v) is 9.08. The molecule has 2 aromatic rings. The number of halogens is 1. The summed E-state index contributed by atoms with van der Waals surface area (Å²) in [4.78, 5) is 37.9. The quantitative estimate of drug-likeness (QED) is 0.736. The van der Waals surface area contributed by atoms with Crippen molar-refractivity contribution in [1.82, 2.24) is 5.32 Å². The Hall–Kier alpha value is -2.93. The van der Waals surface area contributed by atoms with E-state index < -0.39 is 6.04 Å². The molecule has 0 radical (unpaired) electrons. The second-order valence-corrected chi connectivity index (χ2v) is 7.08. The Bertz CT molecular complexity index is 925. The summed E-state index contributed by atoms with van der Waals surface area (Å²) in [5.74, 6) is -0.835. The Balaban J connectivity index is 1.70. The molecule has 1 aliphatic rings. The number of fused-ring (bicyclic) bond motifs is 1. The summed E-state index contributed by atoms with van der Waals surface area (Å²) in [6.45, 7) is 3.45. The minimum Gasteiger partial charge on any atom is -0.340 e. The largest absolute Gasteiger partial charge is 0.340 e. The Morgan fingerprint density at radius 1 is 1.26 bits per heavy atom. The zero-order valence-corrected chi connectivity index (χ0v) is 16.2. The van der Waals surface area contributed by atoms with Gasteiger partial charge in [0.25, 0.3) is 5.91 Å². The van der Waals surface area contributed by atoms with Crippen LogP contribution >= 0.6 is 15.9 Å². The zero-order valence-electron chi connectivity index (χ0n) is 14.7. The van der Waals surface area contributed by atoms with E-state index in [1.54, 1.807) is 31.3 Å². The van der Waals surface area contributed by atoms with Gasteiger partial charge in [0, 0.05) is 34.9 Å². The standard InChI is InChI=1S/C20H18BrN3O3/c1-3-18(25)24(2)15-8-5-12(6-9-15)19(26)23-17-10-13-4-7-14(21)11-16(13)22-20(17)27/h3-9,11,17H,1,10H2,2H3,(H,22,27)(H,23,26). The van der Waals surface area contributed by atoms with Crippen LogP contribution in [0.4, 0.5) is 11.4 Å². The topological polar surface area (TPSA) is 78.5 Å². The zero-order chi connectivity index (χ0) is 19.6. The lowest BCUT2D eigenvalue weighted by atomic mass is 9.98. The maximum atomic E-state index is 12.5. The van der Waals surface area contributed by atoms with Gasteiger partial charge < -0.3 is 15.5 Å². The van der Waals surface area contributed by atoms with Gasteiger partial charge in [0.15, 0.2) is 0 Å². The van der Waals surface area contributed by atoms with Crippen LogP contribution in [0.5, 0.6) is 0 Å². The summed E-state index contributed by atoms with van der Waals surface area (Å²) in [5.41, 5.74) is 2.76. The van der Waals surface area contributed by atoms with Gasteiger partial charge >= 0.3 is 0 Å². The van der Waals surface area contributed by atoms with Crippen LogP contribution in [0.2, 0.25) is 0 Å². The Morgan fingerprint density at radius 3 is 2.63 bits per heavy atom. The van der Waals surface area contributed by atoms with Gasteiger partial charge in [-0.15, -0.1) is 0 Å². The molecule has 2 N–H and O–H groups in total. The maximum Gasteiger partial charge on any atom is 0.251 e. The van der Waals surface area contributed by atoms with Crippen LogP contribution in [-0.2, 0) is 16.0 Å². The van der Waals surface area contributed by atoms with Gasteiger partial charge in [-0.05, 0) is 48.0 Å². The van der Waals surface area contributed by atoms with E-state index >= 15 is 0 Å². The molecule has 138 valence electrons. The molecule has 0 saturated carbocycles. The molecule has 3 amide bonds. The number of nitrogens with one attached hydrogen (secondary N) is 2. The summed E-state index contributed by atoms with van der Waals surface area (Å²) in [5, 5.41) is 5.58. The fourth-order valence-corrected chi connectivity index (χ4v) is 3.20. The van der Waals surface area contributed by atoms with Gasteiger partial charge in [-0.25, -0.2) is 0 Å². The van der Waals surface area contributed by atoms with E-state index in [0.29, 0.717) is 17.7 Å². The van der Waals surface area contributed by atoms with Crippen LogP contribution in [0, 0.1) is 0 Å². The number of benzene rings is 2. The lowest BCUT2D eigenvalue weighted by Crippen LogP contribution is -2.47. The molecule has 0 spiro atoms. The van der Waals surface area contributed by atoms with Crippen molar-refractivity contribution >= 4 is 45.0 Å². The molecule has 3 rings (SSSR count). The van der Waals surface area contributed by atoms with E-state index in [0.717, 1.165) is 15.7 Å². The molecule has 2 aromatic carbocycles. The van der Waals surface area contributed by atoms with Gasteiger partial charge in [-0.1, -0.05) is 28.6 Å². The monoisotopic (exact) mass is 427 g/mol. The highest BCUT2D eigenvalue weighted by molar-refractivity contribution is 9.10. The smallest absolute Gasteiger partial charge is 0.251 e. The highest BCUT2D eigenvalue weighted by atomic mass is 79.9. The fourth-order valence-electron chi connectivity index (χ4n) is 2.83. The second-order valence-electron chi connectivity index (χ2n) is 6.17. The van der Waals surface area contributed by atoms with Crippen molar-refractivity contribution in [3.8, 4) is 0 Å². The third-order valence-electron chi connectivity index (χ3n) is 4.40. The van der Waals surface area contributed by atoms with Crippen LogP contribution in [0.3, 0.4) is 0 Å². The van der Waals surface area contributed by atoms with Crippen molar-refractivity contribution < 1.29 is 14.4 Å². The summed E-state index contributed by atoms with van der Waals surface area (Å²) < 4.78 is 0.879. The molecule has 1 heterocycles. The number of hydrogen-bond donors (Lipinski definition) is 2. The summed E-state index contributed by atoms with van der Waals surface area (Å²) >= 11 is 3.37. The van der Waals surface area contributed by atoms with Gasteiger partial charge in [-0.3, -0.25) is 14.4 Å². The molecule has 1 aliphatic heterocycles. The molecule has 1 unspecified atom stereocenters. The summed E-state index contributed by atoms with van der Waals surface area (Å²) in [7, 11) is 1.63. The van der Waals surface area contributed by atoms with Gasteiger partial charge in [0.2, 0.25) is 11.8 Å². The molecular weight excluding hydrogens is 410 g/mol. The van der Waals surface area contributed by atoms with Crippen molar-refractivity contribution in [3.63, 3.8) is 0 Å². The van der Waals surface area contributed by atoms with E-state index in [1.807, 2.05) is 18.2 Å². The van der Waals surface area contributed by atoms with Crippen LogP contribution in [-0.4, -0.2) is 30.8 Å². The number of nitrogens with zero attached hydrogens (tertiary/aromatic N) is 1. The Kier molecular flexibility index (Phi) is 5.41. The molecule has 7 heteroatoms. The van der Waals surface area contributed by atoms with E-state index in [9.17, 15) is 14.4 Å². The first-order chi connectivity index (χ1) is 12.9. The Morgan fingerprint density at radius 2 is 1.96 bits per heavy atom. The molecule has 0 aliphatic carbocycles. The number of hydrogen-bond acceptors (Lipinski definition) is 3. The third kappa shape index (κ3) is 4.09. The number of carbonyl (C=O) groups excluding carboxylic acids is 3. The highest BCUT2D eigenvalue weighted by Gasteiger charge is 2.27. The first-order valence-electron chi connectivity index (χ1n) is 8.29. The van der Waals surface area contributed by atoms with E-state index in [-0.39, 0.29) is 17.7 Å². The molecule has 6 nitrogen and oxygen atoms in total. The van der Waals surface area contributed by atoms with Gasteiger partial charge in [0.05, 0.1) is 0 Å².